The molecule has 1 aliphatic heterocycles. The standard InChI is InChI=1S/C34H35BrO5/c35-34-33(39-24-29-19-11-4-12-20-29)32(38-23-28-17-9-3-10-18-28)31(37-22-27-15-7-2-8-16-27)30(40-34)25-36-21-26-13-5-1-6-14-26/h1-20,30-34H,21-25H2/t30-,31-,32+,33-,34?/m1/s1/i21D,22D,23D,24D/t21?,22?,23?,24?,30-,31-,32+,33-,34?. The number of ether oxygens (including phenoxy) is 5. The summed E-state index contributed by atoms with van der Waals surface area (Å²) < 4.78 is 66.4. The highest BCUT2D eigenvalue weighted by Gasteiger charge is 2.47. The number of hydrogen-bond donors (Lipinski definition) is 0. The van der Waals surface area contributed by atoms with E-state index in [2.05, 4.69) is 15.9 Å². The van der Waals surface area contributed by atoms with Crippen LogP contribution in [0.4, 0.5) is 0 Å². The molecule has 0 aromatic heterocycles. The quantitative estimate of drug-likeness (QED) is 0.152. The zero-order valence-corrected chi connectivity index (χ0v) is 23.5. The largest absolute Gasteiger partial charge is 0.374 e. The molecule has 0 N–H and O–H groups in total. The molecule has 0 aliphatic carbocycles. The van der Waals surface area contributed by atoms with Crippen molar-refractivity contribution in [1.82, 2.24) is 0 Å². The highest BCUT2D eigenvalue weighted by Crippen LogP contribution is 2.33. The van der Waals surface area contributed by atoms with Crippen molar-refractivity contribution in [1.29, 1.82) is 0 Å². The van der Waals surface area contributed by atoms with E-state index in [0.29, 0.717) is 22.3 Å². The van der Waals surface area contributed by atoms with E-state index in [4.69, 9.17) is 29.2 Å². The van der Waals surface area contributed by atoms with Crippen molar-refractivity contribution in [3.63, 3.8) is 0 Å². The van der Waals surface area contributed by atoms with Crippen LogP contribution in [0, 0.1) is 0 Å². The molecule has 0 bridgehead atoms. The fraction of sp³-hybridized carbons (Fsp3) is 0.294. The number of rotatable bonds is 13. The van der Waals surface area contributed by atoms with E-state index in [-0.39, 0.29) is 6.61 Å². The third-order valence-corrected chi connectivity index (χ3v) is 7.08. The predicted octanol–water partition coefficient (Wildman–Crippen LogP) is 7.08. The van der Waals surface area contributed by atoms with E-state index in [9.17, 15) is 0 Å². The second-order valence-corrected chi connectivity index (χ2v) is 10.2. The summed E-state index contributed by atoms with van der Waals surface area (Å²) in [6.45, 7) is -4.35. The second-order valence-electron chi connectivity index (χ2n) is 9.28. The molecule has 1 fully saturated rings. The van der Waals surface area contributed by atoms with E-state index in [1.54, 1.807) is 36.4 Å². The van der Waals surface area contributed by atoms with Crippen LogP contribution in [0.15, 0.2) is 121 Å². The monoisotopic (exact) mass is 606 g/mol. The molecule has 0 saturated carbocycles. The van der Waals surface area contributed by atoms with Crippen LogP contribution in [0.1, 0.15) is 27.7 Å². The van der Waals surface area contributed by atoms with Gasteiger partial charge in [0.15, 0.2) is 0 Å². The highest BCUT2D eigenvalue weighted by molar-refractivity contribution is 9.09. The average molecular weight is 608 g/mol. The van der Waals surface area contributed by atoms with Gasteiger partial charge in [0.05, 0.1) is 38.4 Å². The van der Waals surface area contributed by atoms with Crippen molar-refractivity contribution < 1.29 is 29.2 Å². The van der Waals surface area contributed by atoms with Crippen LogP contribution in [-0.4, -0.2) is 36.0 Å². The molecule has 0 spiro atoms. The Morgan fingerprint density at radius 3 is 1.35 bits per heavy atom. The lowest BCUT2D eigenvalue weighted by molar-refractivity contribution is -0.253. The van der Waals surface area contributed by atoms with Crippen molar-refractivity contribution in [2.45, 2.75) is 55.8 Å². The average Bonchev–Trinajstić information content (AvgIpc) is 3.07. The minimum absolute atomic E-state index is 0.0547. The minimum atomic E-state index is -1.12. The lowest BCUT2D eigenvalue weighted by atomic mass is 9.99. The zero-order chi connectivity index (χ0) is 30.9. The highest BCUT2D eigenvalue weighted by atomic mass is 79.9. The molecule has 0 amide bonds. The molecule has 1 saturated heterocycles. The Morgan fingerprint density at radius 1 is 0.525 bits per heavy atom. The molecule has 1 aliphatic rings. The van der Waals surface area contributed by atoms with Gasteiger partial charge >= 0.3 is 0 Å². The molecule has 5 rings (SSSR count). The van der Waals surface area contributed by atoms with Crippen LogP contribution in [0.25, 0.3) is 0 Å². The third-order valence-electron chi connectivity index (χ3n) is 6.34. The van der Waals surface area contributed by atoms with Gasteiger partial charge in [-0.2, -0.15) is 0 Å². The van der Waals surface area contributed by atoms with Gasteiger partial charge in [-0.1, -0.05) is 137 Å². The first-order valence-corrected chi connectivity index (χ1v) is 14.1. The van der Waals surface area contributed by atoms with E-state index in [1.807, 2.05) is 84.9 Å². The summed E-state index contributed by atoms with van der Waals surface area (Å²) in [7, 11) is 0. The molecule has 4 aromatic rings. The van der Waals surface area contributed by atoms with Gasteiger partial charge in [0, 0.05) is 0 Å². The molecular weight excluding hydrogens is 568 g/mol. The Morgan fingerprint density at radius 2 is 0.900 bits per heavy atom. The van der Waals surface area contributed by atoms with Crippen LogP contribution in [0.5, 0.6) is 0 Å². The zero-order valence-electron chi connectivity index (χ0n) is 25.9. The van der Waals surface area contributed by atoms with Gasteiger partial charge in [0.2, 0.25) is 0 Å². The molecular formula is C34H35BrO5. The van der Waals surface area contributed by atoms with Crippen LogP contribution in [-0.2, 0) is 50.0 Å². The van der Waals surface area contributed by atoms with Gasteiger partial charge in [0.1, 0.15) is 29.4 Å². The van der Waals surface area contributed by atoms with Crippen molar-refractivity contribution >= 4 is 15.9 Å². The first-order valence-electron chi connectivity index (χ1n) is 15.5. The number of benzene rings is 4. The first-order chi connectivity index (χ1) is 21.4. The lowest BCUT2D eigenvalue weighted by Crippen LogP contribution is -2.59. The van der Waals surface area contributed by atoms with Gasteiger partial charge in [0.25, 0.3) is 0 Å². The Hall–Kier alpha value is -2.84. The summed E-state index contributed by atoms with van der Waals surface area (Å²) in [5, 5.41) is -0.776. The molecule has 9 atom stereocenters. The Kier molecular flexibility index (Phi) is 9.08. The summed E-state index contributed by atoms with van der Waals surface area (Å²) in [5.74, 6) is 0. The SMILES string of the molecule is [2H]C(OC[C@H]1OC(Br)[C@H](OC([2H])c2ccccc2)[C@@H](OC([2H])c2ccccc2)[C@@H]1OC([2H])c1ccccc1)c1ccccc1. The third kappa shape index (κ3) is 8.33. The fourth-order valence-corrected chi connectivity index (χ4v) is 5.00. The molecule has 208 valence electrons. The normalized spacial score (nSPS) is 27.3. The summed E-state index contributed by atoms with van der Waals surface area (Å²) in [6, 6.07) is 36.6. The summed E-state index contributed by atoms with van der Waals surface area (Å²) in [6.07, 6.45) is -3.63. The number of hydrogen-bond acceptors (Lipinski definition) is 5. The molecule has 40 heavy (non-hydrogen) atoms. The maximum atomic E-state index is 8.89. The van der Waals surface area contributed by atoms with Crippen LogP contribution >= 0.6 is 15.9 Å². The number of alkyl halides is 1. The van der Waals surface area contributed by atoms with Crippen molar-refractivity contribution in [2.24, 2.45) is 0 Å². The van der Waals surface area contributed by atoms with Crippen LogP contribution in [0.3, 0.4) is 0 Å². The topological polar surface area (TPSA) is 46.2 Å². The Bertz CT molecular complexity index is 1390. The maximum Gasteiger partial charge on any atom is 0.141 e. The number of halogens is 1. The van der Waals surface area contributed by atoms with E-state index >= 15 is 0 Å². The first kappa shape index (κ1) is 23.8. The summed E-state index contributed by atoms with van der Waals surface area (Å²) in [5.41, 5.74) is 2.58. The predicted molar refractivity (Wildman–Crippen MR) is 159 cm³/mol. The van der Waals surface area contributed by atoms with Crippen molar-refractivity contribution in [3.05, 3.63) is 144 Å². The molecule has 4 aromatic carbocycles. The van der Waals surface area contributed by atoms with Gasteiger partial charge in [-0.3, -0.25) is 0 Å². The van der Waals surface area contributed by atoms with Crippen molar-refractivity contribution in [3.8, 4) is 0 Å². The van der Waals surface area contributed by atoms with E-state index in [1.165, 1.54) is 0 Å². The van der Waals surface area contributed by atoms with E-state index < -0.39 is 55.8 Å². The van der Waals surface area contributed by atoms with Gasteiger partial charge in [-0.05, 0) is 22.3 Å². The molecule has 6 heteroatoms. The van der Waals surface area contributed by atoms with Gasteiger partial charge < -0.3 is 23.7 Å². The smallest absolute Gasteiger partial charge is 0.141 e. The summed E-state index contributed by atoms with van der Waals surface area (Å²) in [4.78, 5) is 0. The van der Waals surface area contributed by atoms with Gasteiger partial charge in [-0.25, -0.2) is 0 Å². The molecule has 5 nitrogen and oxygen atoms in total. The maximum absolute atomic E-state index is 8.89. The minimum Gasteiger partial charge on any atom is -0.374 e. The Labute approximate surface area is 250 Å². The van der Waals surface area contributed by atoms with Crippen LogP contribution < -0.4 is 0 Å². The van der Waals surface area contributed by atoms with Crippen LogP contribution in [0.2, 0.25) is 0 Å². The Balaban J connectivity index is 1.46. The molecule has 5 unspecified atom stereocenters. The second kappa shape index (κ2) is 15.2. The van der Waals surface area contributed by atoms with Crippen molar-refractivity contribution in [2.75, 3.05) is 6.61 Å². The fourth-order valence-electron chi connectivity index (χ4n) is 4.30. The van der Waals surface area contributed by atoms with Gasteiger partial charge in [-0.15, -0.1) is 0 Å². The molecule has 1 heterocycles. The van der Waals surface area contributed by atoms with E-state index in [0.717, 1.165) is 0 Å². The molecule has 0 radical (unpaired) electrons. The summed E-state index contributed by atoms with van der Waals surface area (Å²) >= 11 is 3.60. The lowest BCUT2D eigenvalue weighted by Gasteiger charge is -2.44.